The van der Waals surface area contributed by atoms with Gasteiger partial charge in [-0.15, -0.1) is 11.3 Å². The third kappa shape index (κ3) is 3.93. The highest BCUT2D eigenvalue weighted by atomic mass is 79.9. The van der Waals surface area contributed by atoms with Crippen LogP contribution < -0.4 is 0 Å². The summed E-state index contributed by atoms with van der Waals surface area (Å²) in [6.07, 6.45) is 1.15. The average molecular weight is 421 g/mol. The van der Waals surface area contributed by atoms with Crippen LogP contribution >= 0.6 is 27.3 Å². The standard InChI is InChI=1S/C18H21BrN4OS/c1-11-7-17-20-12(2)16(13(3)23(17)21-11)5-6-18(24)22(4)9-15-8-14(19)10-25-15/h7-8,10H,5-6,9H2,1-4H3. The minimum Gasteiger partial charge on any atom is -0.341 e. The molecule has 5 nitrogen and oxygen atoms in total. The molecular weight excluding hydrogens is 400 g/mol. The van der Waals surface area contributed by atoms with Gasteiger partial charge in [0.2, 0.25) is 5.91 Å². The van der Waals surface area contributed by atoms with Crippen LogP contribution in [-0.2, 0) is 17.8 Å². The van der Waals surface area contributed by atoms with Crippen molar-refractivity contribution in [1.29, 1.82) is 0 Å². The van der Waals surface area contributed by atoms with Crippen molar-refractivity contribution in [3.63, 3.8) is 0 Å². The highest BCUT2D eigenvalue weighted by Crippen LogP contribution is 2.21. The van der Waals surface area contributed by atoms with Crippen molar-refractivity contribution < 1.29 is 4.79 Å². The molecule has 0 N–H and O–H groups in total. The first kappa shape index (κ1) is 18.1. The topological polar surface area (TPSA) is 50.5 Å². The van der Waals surface area contributed by atoms with Gasteiger partial charge >= 0.3 is 0 Å². The van der Waals surface area contributed by atoms with Crippen molar-refractivity contribution in [2.75, 3.05) is 7.05 Å². The second kappa shape index (κ2) is 7.25. The van der Waals surface area contributed by atoms with Gasteiger partial charge in [0, 0.05) is 45.7 Å². The fourth-order valence-electron chi connectivity index (χ4n) is 2.98. The number of fused-ring (bicyclic) bond motifs is 1. The second-order valence-electron chi connectivity index (χ2n) is 6.30. The number of hydrogen-bond donors (Lipinski definition) is 0. The first-order chi connectivity index (χ1) is 11.8. The number of carbonyl (C=O) groups is 1. The molecule has 0 unspecified atom stereocenters. The van der Waals surface area contributed by atoms with E-state index in [1.807, 2.05) is 43.8 Å². The van der Waals surface area contributed by atoms with Crippen LogP contribution in [0.15, 0.2) is 22.0 Å². The number of thiophene rings is 1. The molecule has 0 fully saturated rings. The lowest BCUT2D eigenvalue weighted by Crippen LogP contribution is -2.26. The largest absolute Gasteiger partial charge is 0.341 e. The molecule has 0 atom stereocenters. The van der Waals surface area contributed by atoms with Crippen LogP contribution in [0.2, 0.25) is 0 Å². The Morgan fingerprint density at radius 2 is 2.08 bits per heavy atom. The highest BCUT2D eigenvalue weighted by Gasteiger charge is 2.15. The summed E-state index contributed by atoms with van der Waals surface area (Å²) in [5.41, 5.74) is 4.96. The van der Waals surface area contributed by atoms with Gasteiger partial charge in [-0.25, -0.2) is 9.50 Å². The fraction of sp³-hybridized carbons (Fsp3) is 0.389. The van der Waals surface area contributed by atoms with Crippen molar-refractivity contribution in [1.82, 2.24) is 19.5 Å². The van der Waals surface area contributed by atoms with Crippen LogP contribution in [0.5, 0.6) is 0 Å². The van der Waals surface area contributed by atoms with Gasteiger partial charge in [0.15, 0.2) is 5.65 Å². The summed E-state index contributed by atoms with van der Waals surface area (Å²) in [6, 6.07) is 4.03. The first-order valence-corrected chi connectivity index (χ1v) is 9.81. The van der Waals surface area contributed by atoms with E-state index in [1.165, 1.54) is 4.88 Å². The summed E-state index contributed by atoms with van der Waals surface area (Å²) in [6.45, 7) is 6.65. The summed E-state index contributed by atoms with van der Waals surface area (Å²) in [4.78, 5) is 20.1. The van der Waals surface area contributed by atoms with Crippen LogP contribution in [-0.4, -0.2) is 32.5 Å². The van der Waals surface area contributed by atoms with Crippen molar-refractivity contribution >= 4 is 38.8 Å². The van der Waals surface area contributed by atoms with Gasteiger partial charge in [0.25, 0.3) is 0 Å². The van der Waals surface area contributed by atoms with E-state index in [-0.39, 0.29) is 5.91 Å². The summed E-state index contributed by atoms with van der Waals surface area (Å²) in [7, 11) is 1.86. The fourth-order valence-corrected chi connectivity index (χ4v) is 4.49. The number of hydrogen-bond acceptors (Lipinski definition) is 4. The van der Waals surface area contributed by atoms with Gasteiger partial charge in [-0.2, -0.15) is 5.10 Å². The van der Waals surface area contributed by atoms with Gasteiger partial charge in [0.05, 0.1) is 12.2 Å². The molecule has 0 saturated carbocycles. The maximum Gasteiger partial charge on any atom is 0.222 e. The molecule has 0 aliphatic heterocycles. The lowest BCUT2D eigenvalue weighted by Gasteiger charge is -2.17. The molecule has 3 aromatic rings. The first-order valence-electron chi connectivity index (χ1n) is 8.14. The minimum atomic E-state index is 0.139. The number of halogens is 1. The summed E-state index contributed by atoms with van der Waals surface area (Å²) >= 11 is 5.11. The third-order valence-electron chi connectivity index (χ3n) is 4.32. The van der Waals surface area contributed by atoms with Gasteiger partial charge < -0.3 is 4.90 Å². The monoisotopic (exact) mass is 420 g/mol. The van der Waals surface area contributed by atoms with E-state index in [1.54, 1.807) is 16.2 Å². The zero-order valence-corrected chi connectivity index (χ0v) is 17.2. The normalized spacial score (nSPS) is 11.2. The second-order valence-corrected chi connectivity index (χ2v) is 8.21. The molecule has 0 aromatic carbocycles. The van der Waals surface area contributed by atoms with Crippen LogP contribution in [0.4, 0.5) is 0 Å². The SMILES string of the molecule is Cc1cc2nc(C)c(CCC(=O)N(C)Cc3cc(Br)cs3)c(C)n2n1. The molecule has 132 valence electrons. The molecule has 0 aliphatic rings. The van der Waals surface area contributed by atoms with E-state index in [2.05, 4.69) is 32.1 Å². The summed E-state index contributed by atoms with van der Waals surface area (Å²) < 4.78 is 2.93. The van der Waals surface area contributed by atoms with Gasteiger partial charge in [-0.1, -0.05) is 0 Å². The number of aryl methyl sites for hydroxylation is 3. The molecule has 3 aromatic heterocycles. The Hall–Kier alpha value is -1.73. The third-order valence-corrected chi connectivity index (χ3v) is 6.00. The predicted octanol–water partition coefficient (Wildman–Crippen LogP) is 4.07. The number of amides is 1. The molecule has 0 aliphatic carbocycles. The van der Waals surface area contributed by atoms with Crippen molar-refractivity contribution in [2.24, 2.45) is 0 Å². The summed E-state index contributed by atoms with van der Waals surface area (Å²) in [5, 5.41) is 6.53. The van der Waals surface area contributed by atoms with Gasteiger partial charge in [-0.05, 0) is 54.8 Å². The van der Waals surface area contributed by atoms with E-state index in [0.717, 1.165) is 32.8 Å². The molecule has 0 bridgehead atoms. The van der Waals surface area contributed by atoms with Crippen molar-refractivity contribution in [3.8, 4) is 0 Å². The summed E-state index contributed by atoms with van der Waals surface area (Å²) in [5.74, 6) is 0.139. The number of rotatable bonds is 5. The quantitative estimate of drug-likeness (QED) is 0.624. The van der Waals surface area contributed by atoms with Crippen LogP contribution in [0.1, 0.15) is 33.9 Å². The Morgan fingerprint density at radius 3 is 2.76 bits per heavy atom. The van der Waals surface area contributed by atoms with Gasteiger partial charge in [0.1, 0.15) is 0 Å². The van der Waals surface area contributed by atoms with Crippen LogP contribution in [0, 0.1) is 20.8 Å². The zero-order chi connectivity index (χ0) is 18.1. The number of carbonyl (C=O) groups excluding carboxylic acids is 1. The van der Waals surface area contributed by atoms with Crippen LogP contribution in [0.3, 0.4) is 0 Å². The molecule has 7 heteroatoms. The average Bonchev–Trinajstić information content (AvgIpc) is 3.12. The van der Waals surface area contributed by atoms with E-state index >= 15 is 0 Å². The Bertz CT molecular complexity index is 931. The lowest BCUT2D eigenvalue weighted by atomic mass is 10.1. The smallest absolute Gasteiger partial charge is 0.222 e. The Balaban J connectivity index is 1.70. The molecule has 25 heavy (non-hydrogen) atoms. The van der Waals surface area contributed by atoms with E-state index in [9.17, 15) is 4.79 Å². The Kier molecular flexibility index (Phi) is 5.24. The highest BCUT2D eigenvalue weighted by molar-refractivity contribution is 9.10. The maximum absolute atomic E-state index is 12.5. The van der Waals surface area contributed by atoms with Crippen LogP contribution in [0.25, 0.3) is 5.65 Å². The molecule has 0 spiro atoms. The lowest BCUT2D eigenvalue weighted by molar-refractivity contribution is -0.130. The van der Waals surface area contributed by atoms with E-state index in [0.29, 0.717) is 19.4 Å². The molecule has 3 heterocycles. The molecular formula is C18H21BrN4OS. The molecule has 0 radical (unpaired) electrons. The van der Waals surface area contributed by atoms with Gasteiger partial charge in [-0.3, -0.25) is 4.79 Å². The van der Waals surface area contributed by atoms with E-state index < -0.39 is 0 Å². The Morgan fingerprint density at radius 1 is 1.32 bits per heavy atom. The molecule has 3 rings (SSSR count). The zero-order valence-electron chi connectivity index (χ0n) is 14.8. The number of nitrogens with zero attached hydrogens (tertiary/aromatic N) is 4. The van der Waals surface area contributed by atoms with Crippen molar-refractivity contribution in [2.45, 2.75) is 40.2 Å². The minimum absolute atomic E-state index is 0.139. The molecule has 1 amide bonds. The molecule has 0 saturated heterocycles. The van der Waals surface area contributed by atoms with Crippen molar-refractivity contribution in [3.05, 3.63) is 49.5 Å². The Labute approximate surface area is 159 Å². The number of aromatic nitrogens is 3. The maximum atomic E-state index is 12.5. The van der Waals surface area contributed by atoms with E-state index in [4.69, 9.17) is 0 Å². The predicted molar refractivity (Wildman–Crippen MR) is 104 cm³/mol.